The van der Waals surface area contributed by atoms with Crippen LogP contribution in [0.2, 0.25) is 0 Å². The van der Waals surface area contributed by atoms with Crippen molar-refractivity contribution in [1.82, 2.24) is 4.98 Å². The van der Waals surface area contributed by atoms with Crippen LogP contribution in [0.1, 0.15) is 13.8 Å². The first-order valence-corrected chi connectivity index (χ1v) is 5.55. The van der Waals surface area contributed by atoms with Crippen molar-refractivity contribution in [3.63, 3.8) is 0 Å². The Balaban J connectivity index is 2.06. The molecular weight excluding hydrogens is 202 g/mol. The van der Waals surface area contributed by atoms with Crippen LogP contribution in [0.5, 0.6) is 0 Å². The van der Waals surface area contributed by atoms with Crippen molar-refractivity contribution >= 4 is 11.5 Å². The fourth-order valence-corrected chi connectivity index (χ4v) is 1.82. The Morgan fingerprint density at radius 2 is 2.31 bits per heavy atom. The lowest BCUT2D eigenvalue weighted by Crippen LogP contribution is -2.44. The highest BCUT2D eigenvalue weighted by Gasteiger charge is 2.23. The summed E-state index contributed by atoms with van der Waals surface area (Å²) < 4.78 is 5.69. The summed E-state index contributed by atoms with van der Waals surface area (Å²) in [6.45, 7) is 6.79. The van der Waals surface area contributed by atoms with E-state index in [1.54, 1.807) is 0 Å². The molecule has 0 amide bonds. The average Bonchev–Trinajstić information content (AvgIpc) is 2.30. The van der Waals surface area contributed by atoms with Gasteiger partial charge in [0.1, 0.15) is 5.82 Å². The summed E-state index contributed by atoms with van der Waals surface area (Å²) in [5.41, 5.74) is 6.69. The second-order valence-corrected chi connectivity index (χ2v) is 4.32. The third-order valence-corrected chi connectivity index (χ3v) is 2.85. The van der Waals surface area contributed by atoms with E-state index in [2.05, 4.69) is 23.7 Å². The number of rotatable bonds is 2. The number of hydrogen-bond donors (Lipinski definition) is 1. The Morgan fingerprint density at radius 1 is 1.50 bits per heavy atom. The number of aromatic nitrogens is 1. The molecule has 0 saturated carbocycles. The number of ether oxygens (including phenoxy) is 1. The molecule has 1 aromatic rings. The quantitative estimate of drug-likeness (QED) is 0.820. The first kappa shape index (κ1) is 11.2. The lowest BCUT2D eigenvalue weighted by atomic mass is 10.1. The largest absolute Gasteiger partial charge is 0.384 e. The normalized spacial score (nSPS) is 21.4. The van der Waals surface area contributed by atoms with Crippen LogP contribution in [-0.4, -0.2) is 30.8 Å². The van der Waals surface area contributed by atoms with E-state index in [4.69, 9.17) is 10.5 Å². The van der Waals surface area contributed by atoms with Crippen molar-refractivity contribution in [2.75, 3.05) is 30.3 Å². The van der Waals surface area contributed by atoms with Crippen LogP contribution in [0, 0.1) is 5.92 Å². The summed E-state index contributed by atoms with van der Waals surface area (Å²) >= 11 is 0. The zero-order valence-corrected chi connectivity index (χ0v) is 9.81. The SMILES string of the molecule is C[C](C)C1CN(c2ccc(N)nc2)CCO1. The fraction of sp³-hybridized carbons (Fsp3) is 0.500. The van der Waals surface area contributed by atoms with Crippen LogP contribution in [0.4, 0.5) is 11.5 Å². The van der Waals surface area contributed by atoms with E-state index in [0.717, 1.165) is 25.4 Å². The van der Waals surface area contributed by atoms with Crippen molar-refractivity contribution < 1.29 is 4.74 Å². The predicted molar refractivity (Wildman–Crippen MR) is 65.2 cm³/mol. The third kappa shape index (κ3) is 2.44. The van der Waals surface area contributed by atoms with Gasteiger partial charge < -0.3 is 15.4 Å². The summed E-state index contributed by atoms with van der Waals surface area (Å²) in [5.74, 6) is 1.87. The van der Waals surface area contributed by atoms with E-state index >= 15 is 0 Å². The highest BCUT2D eigenvalue weighted by atomic mass is 16.5. The summed E-state index contributed by atoms with van der Waals surface area (Å²) in [6, 6.07) is 3.85. The lowest BCUT2D eigenvalue weighted by molar-refractivity contribution is 0.0508. The molecule has 1 aliphatic rings. The van der Waals surface area contributed by atoms with Crippen LogP contribution in [0.15, 0.2) is 18.3 Å². The van der Waals surface area contributed by atoms with E-state index < -0.39 is 0 Å². The monoisotopic (exact) mass is 220 g/mol. The minimum absolute atomic E-state index is 0.228. The molecule has 1 atom stereocenters. The number of nitrogens with zero attached hydrogens (tertiary/aromatic N) is 2. The van der Waals surface area contributed by atoms with Gasteiger partial charge in [-0.15, -0.1) is 0 Å². The van der Waals surface area contributed by atoms with Gasteiger partial charge in [0.05, 0.1) is 24.6 Å². The maximum Gasteiger partial charge on any atom is 0.123 e. The first-order chi connectivity index (χ1) is 7.66. The van der Waals surface area contributed by atoms with Gasteiger partial charge >= 0.3 is 0 Å². The van der Waals surface area contributed by atoms with E-state index in [9.17, 15) is 0 Å². The van der Waals surface area contributed by atoms with E-state index in [1.165, 1.54) is 5.92 Å². The van der Waals surface area contributed by atoms with Crippen molar-refractivity contribution in [3.05, 3.63) is 24.2 Å². The molecule has 0 bridgehead atoms. The molecule has 4 nitrogen and oxygen atoms in total. The average molecular weight is 220 g/mol. The molecule has 0 aromatic carbocycles. The number of nitrogen functional groups attached to an aromatic ring is 1. The molecule has 1 radical (unpaired) electrons. The van der Waals surface area contributed by atoms with Gasteiger partial charge in [0.15, 0.2) is 0 Å². The Morgan fingerprint density at radius 3 is 2.94 bits per heavy atom. The summed E-state index contributed by atoms with van der Waals surface area (Å²) in [5, 5.41) is 0. The highest BCUT2D eigenvalue weighted by Crippen LogP contribution is 2.21. The molecule has 2 N–H and O–H groups in total. The molecule has 0 spiro atoms. The van der Waals surface area contributed by atoms with Crippen LogP contribution in [0.3, 0.4) is 0 Å². The predicted octanol–water partition coefficient (Wildman–Crippen LogP) is 1.48. The second-order valence-electron chi connectivity index (χ2n) is 4.32. The van der Waals surface area contributed by atoms with Crippen LogP contribution < -0.4 is 10.6 Å². The topological polar surface area (TPSA) is 51.4 Å². The molecule has 16 heavy (non-hydrogen) atoms. The van der Waals surface area contributed by atoms with Gasteiger partial charge in [-0.1, -0.05) is 13.8 Å². The van der Waals surface area contributed by atoms with Gasteiger partial charge in [-0.25, -0.2) is 4.98 Å². The third-order valence-electron chi connectivity index (χ3n) is 2.85. The zero-order valence-electron chi connectivity index (χ0n) is 9.81. The van der Waals surface area contributed by atoms with E-state index in [1.807, 2.05) is 18.3 Å². The molecule has 1 fully saturated rings. The number of pyridine rings is 1. The summed E-state index contributed by atoms with van der Waals surface area (Å²) in [7, 11) is 0. The van der Waals surface area contributed by atoms with Gasteiger partial charge in [-0.2, -0.15) is 0 Å². The Hall–Kier alpha value is -1.29. The zero-order chi connectivity index (χ0) is 11.5. The molecule has 2 heterocycles. The number of anilines is 2. The standard InChI is InChI=1S/C12H18N3O/c1-9(2)11-8-15(5-6-16-11)10-3-4-12(13)14-7-10/h3-4,7,11H,5-6,8H2,1-2H3,(H2,13,14). The number of nitrogens with two attached hydrogens (primary N) is 1. The van der Waals surface area contributed by atoms with Crippen molar-refractivity contribution in [1.29, 1.82) is 0 Å². The smallest absolute Gasteiger partial charge is 0.123 e. The summed E-state index contributed by atoms with van der Waals surface area (Å²) in [4.78, 5) is 6.40. The second kappa shape index (κ2) is 4.70. The molecule has 87 valence electrons. The maximum absolute atomic E-state index is 5.69. The number of hydrogen-bond acceptors (Lipinski definition) is 4. The Labute approximate surface area is 96.4 Å². The van der Waals surface area contributed by atoms with Gasteiger partial charge in [0.25, 0.3) is 0 Å². The van der Waals surface area contributed by atoms with Gasteiger partial charge in [0, 0.05) is 19.0 Å². The summed E-state index contributed by atoms with van der Waals surface area (Å²) in [6.07, 6.45) is 2.05. The highest BCUT2D eigenvalue weighted by molar-refractivity contribution is 5.48. The van der Waals surface area contributed by atoms with Gasteiger partial charge in [-0.3, -0.25) is 0 Å². The van der Waals surface area contributed by atoms with Crippen molar-refractivity contribution in [3.8, 4) is 0 Å². The van der Waals surface area contributed by atoms with Crippen molar-refractivity contribution in [2.45, 2.75) is 20.0 Å². The van der Waals surface area contributed by atoms with Gasteiger partial charge in [0.2, 0.25) is 0 Å². The first-order valence-electron chi connectivity index (χ1n) is 5.55. The molecule has 1 saturated heterocycles. The minimum atomic E-state index is 0.228. The molecule has 2 rings (SSSR count). The Bertz CT molecular complexity index is 337. The lowest BCUT2D eigenvalue weighted by Gasteiger charge is -2.35. The minimum Gasteiger partial charge on any atom is -0.384 e. The molecular formula is C12H18N3O. The maximum atomic E-state index is 5.69. The van der Waals surface area contributed by atoms with Crippen molar-refractivity contribution in [2.24, 2.45) is 0 Å². The molecule has 1 aliphatic heterocycles. The molecule has 1 unspecified atom stereocenters. The van der Waals surface area contributed by atoms with Crippen LogP contribution in [-0.2, 0) is 4.74 Å². The number of morpholine rings is 1. The molecule has 0 aliphatic carbocycles. The van der Waals surface area contributed by atoms with E-state index in [-0.39, 0.29) is 6.10 Å². The Kier molecular flexibility index (Phi) is 3.29. The fourth-order valence-electron chi connectivity index (χ4n) is 1.82. The van der Waals surface area contributed by atoms with E-state index in [0.29, 0.717) is 5.82 Å². The molecule has 4 heteroatoms. The van der Waals surface area contributed by atoms with Crippen LogP contribution >= 0.6 is 0 Å². The molecule has 1 aromatic heterocycles. The van der Waals surface area contributed by atoms with Crippen LogP contribution in [0.25, 0.3) is 0 Å². The van der Waals surface area contributed by atoms with Gasteiger partial charge in [-0.05, 0) is 12.1 Å².